The highest BCUT2D eigenvalue weighted by molar-refractivity contribution is 5.95. The Morgan fingerprint density at radius 2 is 2.08 bits per heavy atom. The van der Waals surface area contributed by atoms with Crippen LogP contribution in [-0.4, -0.2) is 11.8 Å². The van der Waals surface area contributed by atoms with Crippen LogP contribution in [0, 0.1) is 0 Å². The summed E-state index contributed by atoms with van der Waals surface area (Å²) in [7, 11) is 0. The molecule has 0 aliphatic heterocycles. The van der Waals surface area contributed by atoms with Crippen molar-refractivity contribution in [2.45, 2.75) is 26.3 Å². The van der Waals surface area contributed by atoms with Gasteiger partial charge in [0.2, 0.25) is 0 Å². The molecule has 0 saturated heterocycles. The first-order valence-corrected chi connectivity index (χ1v) is 4.45. The van der Waals surface area contributed by atoms with Gasteiger partial charge in [-0.3, -0.25) is 4.79 Å². The molecule has 1 unspecified atom stereocenters. The lowest BCUT2D eigenvalue weighted by atomic mass is 9.99. The number of carbonyl (C=O) groups is 1. The predicted octanol–water partition coefficient (Wildman–Crippen LogP) is 1.78. The molecule has 0 aliphatic rings. The monoisotopic (exact) mass is 177 g/mol. The standard InChI is InChI=1S/C11H15NO/c1-8(12)7-10-5-3-4-6-11(10)9(2)13/h3-6,8H,7,12H2,1-2H3. The summed E-state index contributed by atoms with van der Waals surface area (Å²) in [6, 6.07) is 7.71. The van der Waals surface area contributed by atoms with Gasteiger partial charge in [-0.15, -0.1) is 0 Å². The van der Waals surface area contributed by atoms with Crippen molar-refractivity contribution in [2.24, 2.45) is 5.73 Å². The Bertz CT molecular complexity index is 305. The van der Waals surface area contributed by atoms with Crippen molar-refractivity contribution in [3.8, 4) is 0 Å². The summed E-state index contributed by atoms with van der Waals surface area (Å²) < 4.78 is 0. The summed E-state index contributed by atoms with van der Waals surface area (Å²) in [5.74, 6) is 0.108. The Hall–Kier alpha value is -1.15. The Labute approximate surface area is 78.8 Å². The quantitative estimate of drug-likeness (QED) is 0.715. The van der Waals surface area contributed by atoms with E-state index in [4.69, 9.17) is 5.73 Å². The molecule has 1 atom stereocenters. The molecule has 13 heavy (non-hydrogen) atoms. The molecule has 0 bridgehead atoms. The molecule has 0 heterocycles. The van der Waals surface area contributed by atoms with Gasteiger partial charge in [-0.25, -0.2) is 0 Å². The highest BCUT2D eigenvalue weighted by Crippen LogP contribution is 2.11. The van der Waals surface area contributed by atoms with Crippen LogP contribution in [0.2, 0.25) is 0 Å². The van der Waals surface area contributed by atoms with Gasteiger partial charge in [0.05, 0.1) is 0 Å². The minimum absolute atomic E-state index is 0.0977. The van der Waals surface area contributed by atoms with Crippen molar-refractivity contribution >= 4 is 5.78 Å². The second-order valence-electron chi connectivity index (χ2n) is 3.39. The highest BCUT2D eigenvalue weighted by Gasteiger charge is 2.06. The van der Waals surface area contributed by atoms with Gasteiger partial charge in [-0.1, -0.05) is 24.3 Å². The normalized spacial score (nSPS) is 12.5. The van der Waals surface area contributed by atoms with Crippen LogP contribution in [0.3, 0.4) is 0 Å². The molecular formula is C11H15NO. The number of hydrogen-bond acceptors (Lipinski definition) is 2. The van der Waals surface area contributed by atoms with Crippen LogP contribution in [-0.2, 0) is 6.42 Å². The van der Waals surface area contributed by atoms with Crippen LogP contribution in [0.25, 0.3) is 0 Å². The smallest absolute Gasteiger partial charge is 0.160 e. The topological polar surface area (TPSA) is 43.1 Å². The molecule has 0 aromatic heterocycles. The molecule has 1 aromatic carbocycles. The lowest BCUT2D eigenvalue weighted by Crippen LogP contribution is -2.19. The van der Waals surface area contributed by atoms with E-state index in [1.807, 2.05) is 31.2 Å². The van der Waals surface area contributed by atoms with Gasteiger partial charge in [-0.05, 0) is 25.8 Å². The molecule has 0 spiro atoms. The van der Waals surface area contributed by atoms with Crippen molar-refractivity contribution in [2.75, 3.05) is 0 Å². The van der Waals surface area contributed by atoms with E-state index in [1.54, 1.807) is 6.92 Å². The molecule has 0 saturated carbocycles. The van der Waals surface area contributed by atoms with Crippen LogP contribution >= 0.6 is 0 Å². The van der Waals surface area contributed by atoms with Gasteiger partial charge in [0.15, 0.2) is 5.78 Å². The van der Waals surface area contributed by atoms with E-state index in [2.05, 4.69) is 0 Å². The van der Waals surface area contributed by atoms with Crippen LogP contribution in [0.1, 0.15) is 29.8 Å². The van der Waals surface area contributed by atoms with Crippen LogP contribution in [0.15, 0.2) is 24.3 Å². The fourth-order valence-electron chi connectivity index (χ4n) is 1.39. The molecule has 0 radical (unpaired) electrons. The van der Waals surface area contributed by atoms with Gasteiger partial charge in [-0.2, -0.15) is 0 Å². The third kappa shape index (κ3) is 2.67. The zero-order chi connectivity index (χ0) is 9.84. The van der Waals surface area contributed by atoms with Crippen LogP contribution in [0.4, 0.5) is 0 Å². The Morgan fingerprint density at radius 3 is 2.62 bits per heavy atom. The zero-order valence-corrected chi connectivity index (χ0v) is 8.08. The molecule has 2 nitrogen and oxygen atoms in total. The first-order chi connectivity index (χ1) is 6.11. The third-order valence-electron chi connectivity index (χ3n) is 1.94. The molecule has 0 aliphatic carbocycles. The first kappa shape index (κ1) is 9.93. The molecule has 1 aromatic rings. The van der Waals surface area contributed by atoms with E-state index >= 15 is 0 Å². The molecular weight excluding hydrogens is 162 g/mol. The number of ketones is 1. The third-order valence-corrected chi connectivity index (χ3v) is 1.94. The zero-order valence-electron chi connectivity index (χ0n) is 8.08. The second-order valence-corrected chi connectivity index (χ2v) is 3.39. The maximum Gasteiger partial charge on any atom is 0.160 e. The maximum atomic E-state index is 11.2. The van der Waals surface area contributed by atoms with E-state index in [0.29, 0.717) is 0 Å². The van der Waals surface area contributed by atoms with Gasteiger partial charge >= 0.3 is 0 Å². The van der Waals surface area contributed by atoms with Gasteiger partial charge in [0, 0.05) is 11.6 Å². The van der Waals surface area contributed by atoms with Crippen LogP contribution < -0.4 is 5.73 Å². The van der Waals surface area contributed by atoms with Crippen molar-refractivity contribution in [1.82, 2.24) is 0 Å². The second kappa shape index (κ2) is 4.19. The lowest BCUT2D eigenvalue weighted by molar-refractivity contribution is 0.101. The van der Waals surface area contributed by atoms with Crippen LogP contribution in [0.5, 0.6) is 0 Å². The van der Waals surface area contributed by atoms with Crippen molar-refractivity contribution in [3.63, 3.8) is 0 Å². The Kier molecular flexibility index (Phi) is 3.20. The van der Waals surface area contributed by atoms with Gasteiger partial charge in [0.1, 0.15) is 0 Å². The van der Waals surface area contributed by atoms with E-state index < -0.39 is 0 Å². The highest BCUT2D eigenvalue weighted by atomic mass is 16.1. The summed E-state index contributed by atoms with van der Waals surface area (Å²) in [5.41, 5.74) is 7.52. The molecule has 0 fully saturated rings. The van der Waals surface area contributed by atoms with Crippen molar-refractivity contribution in [3.05, 3.63) is 35.4 Å². The summed E-state index contributed by atoms with van der Waals surface area (Å²) in [5, 5.41) is 0. The SMILES string of the molecule is CC(=O)c1ccccc1CC(C)N. The molecule has 0 amide bonds. The fraction of sp³-hybridized carbons (Fsp3) is 0.364. The summed E-state index contributed by atoms with van der Waals surface area (Å²) in [6.45, 7) is 3.52. The lowest BCUT2D eigenvalue weighted by Gasteiger charge is -2.08. The van der Waals surface area contributed by atoms with Crippen molar-refractivity contribution < 1.29 is 4.79 Å². The van der Waals surface area contributed by atoms with Gasteiger partial charge < -0.3 is 5.73 Å². The number of carbonyl (C=O) groups excluding carboxylic acids is 1. The Morgan fingerprint density at radius 1 is 1.46 bits per heavy atom. The number of rotatable bonds is 3. The maximum absolute atomic E-state index is 11.2. The Balaban J connectivity index is 2.98. The minimum atomic E-state index is 0.0977. The average molecular weight is 177 g/mol. The largest absolute Gasteiger partial charge is 0.328 e. The number of Topliss-reactive ketones (excluding diaryl/α,β-unsaturated/α-hetero) is 1. The number of benzene rings is 1. The summed E-state index contributed by atoms with van der Waals surface area (Å²) in [4.78, 5) is 11.2. The minimum Gasteiger partial charge on any atom is -0.328 e. The molecule has 1 rings (SSSR count). The first-order valence-electron chi connectivity index (χ1n) is 4.45. The van der Waals surface area contributed by atoms with E-state index in [-0.39, 0.29) is 11.8 Å². The van der Waals surface area contributed by atoms with E-state index in [9.17, 15) is 4.79 Å². The summed E-state index contributed by atoms with van der Waals surface area (Å²) >= 11 is 0. The fourth-order valence-corrected chi connectivity index (χ4v) is 1.39. The van der Waals surface area contributed by atoms with Crippen molar-refractivity contribution in [1.29, 1.82) is 0 Å². The molecule has 70 valence electrons. The molecule has 2 heteroatoms. The predicted molar refractivity (Wildman–Crippen MR) is 53.8 cm³/mol. The number of nitrogens with two attached hydrogens (primary N) is 1. The van der Waals surface area contributed by atoms with Gasteiger partial charge in [0.25, 0.3) is 0 Å². The van der Waals surface area contributed by atoms with E-state index in [0.717, 1.165) is 17.5 Å². The average Bonchev–Trinajstić information content (AvgIpc) is 2.03. The summed E-state index contributed by atoms with van der Waals surface area (Å²) in [6.07, 6.45) is 0.760. The molecule has 2 N–H and O–H groups in total. The number of hydrogen-bond donors (Lipinski definition) is 1. The van der Waals surface area contributed by atoms with E-state index in [1.165, 1.54) is 0 Å².